The highest BCUT2D eigenvalue weighted by atomic mass is 79.9. The summed E-state index contributed by atoms with van der Waals surface area (Å²) in [7, 11) is 0. The minimum absolute atomic E-state index is 0.177. The molecule has 0 aliphatic rings. The van der Waals surface area contributed by atoms with Crippen LogP contribution in [0.2, 0.25) is 0 Å². The summed E-state index contributed by atoms with van der Waals surface area (Å²) in [6, 6.07) is 7.07. The lowest BCUT2D eigenvalue weighted by Gasteiger charge is -2.11. The third-order valence-corrected chi connectivity index (χ3v) is 3.22. The van der Waals surface area contributed by atoms with Crippen LogP contribution in [0.25, 0.3) is 11.5 Å². The van der Waals surface area contributed by atoms with E-state index in [0.29, 0.717) is 4.47 Å². The summed E-state index contributed by atoms with van der Waals surface area (Å²) < 4.78 is 45.2. The molecule has 0 atom stereocenters. The molecule has 5 nitrogen and oxygen atoms in total. The van der Waals surface area contributed by atoms with Crippen molar-refractivity contribution in [3.05, 3.63) is 59.1 Å². The molecule has 0 spiro atoms. The van der Waals surface area contributed by atoms with E-state index in [9.17, 15) is 13.2 Å². The van der Waals surface area contributed by atoms with Crippen LogP contribution in [0, 0.1) is 0 Å². The van der Waals surface area contributed by atoms with Gasteiger partial charge in [-0.25, -0.2) is 4.98 Å². The molecule has 0 radical (unpaired) electrons. The standard InChI is InChI=1S/C15H8BrF3N4O/c16-9-5-10(8-20-7-9)24-13-6-12(15(17,18)19)22-14(23-13)11-3-1-2-4-21-11/h1-8H. The van der Waals surface area contributed by atoms with Gasteiger partial charge < -0.3 is 4.74 Å². The van der Waals surface area contributed by atoms with Gasteiger partial charge in [0.05, 0.1) is 6.20 Å². The second-order valence-corrected chi connectivity index (χ2v) is 5.48. The highest BCUT2D eigenvalue weighted by molar-refractivity contribution is 9.10. The van der Waals surface area contributed by atoms with Crippen molar-refractivity contribution in [1.82, 2.24) is 19.9 Å². The van der Waals surface area contributed by atoms with E-state index in [1.54, 1.807) is 18.2 Å². The van der Waals surface area contributed by atoms with Crippen LogP contribution >= 0.6 is 15.9 Å². The van der Waals surface area contributed by atoms with E-state index in [1.165, 1.54) is 24.7 Å². The fourth-order valence-electron chi connectivity index (χ4n) is 1.80. The lowest BCUT2D eigenvalue weighted by molar-refractivity contribution is -0.141. The Morgan fingerprint density at radius 2 is 1.88 bits per heavy atom. The number of nitrogens with zero attached hydrogens (tertiary/aromatic N) is 4. The summed E-state index contributed by atoms with van der Waals surface area (Å²) in [5, 5.41) is 0. The molecule has 0 aliphatic carbocycles. The summed E-state index contributed by atoms with van der Waals surface area (Å²) >= 11 is 3.21. The van der Waals surface area contributed by atoms with E-state index in [0.717, 1.165) is 6.07 Å². The molecule has 9 heteroatoms. The zero-order valence-corrected chi connectivity index (χ0v) is 13.4. The Bertz CT molecular complexity index is 859. The molecule has 0 amide bonds. The Morgan fingerprint density at radius 3 is 2.54 bits per heavy atom. The number of hydrogen-bond acceptors (Lipinski definition) is 5. The van der Waals surface area contributed by atoms with Gasteiger partial charge in [-0.2, -0.15) is 18.2 Å². The topological polar surface area (TPSA) is 60.8 Å². The van der Waals surface area contributed by atoms with Crippen molar-refractivity contribution in [2.45, 2.75) is 6.18 Å². The molecule has 122 valence electrons. The third-order valence-electron chi connectivity index (χ3n) is 2.79. The fraction of sp³-hybridized carbons (Fsp3) is 0.0667. The Hall–Kier alpha value is -2.55. The van der Waals surface area contributed by atoms with Crippen molar-refractivity contribution in [2.75, 3.05) is 0 Å². The van der Waals surface area contributed by atoms with Crippen molar-refractivity contribution in [3.8, 4) is 23.1 Å². The maximum atomic E-state index is 13.1. The molecule has 0 N–H and O–H groups in total. The summed E-state index contributed by atoms with van der Waals surface area (Å²) in [6.07, 6.45) is -0.314. The predicted octanol–water partition coefficient (Wildman–Crippen LogP) is 4.51. The monoisotopic (exact) mass is 396 g/mol. The maximum Gasteiger partial charge on any atom is 0.433 e. The zero-order valence-electron chi connectivity index (χ0n) is 11.8. The minimum atomic E-state index is -4.64. The van der Waals surface area contributed by atoms with E-state index in [4.69, 9.17) is 4.74 Å². The number of aromatic nitrogens is 4. The maximum absolute atomic E-state index is 13.1. The minimum Gasteiger partial charge on any atom is -0.437 e. The van der Waals surface area contributed by atoms with Crippen LogP contribution in [0.15, 0.2) is 53.4 Å². The molecule has 0 fully saturated rings. The van der Waals surface area contributed by atoms with Crippen LogP contribution in [-0.2, 0) is 6.18 Å². The van der Waals surface area contributed by atoms with Crippen molar-refractivity contribution in [1.29, 1.82) is 0 Å². The van der Waals surface area contributed by atoms with Gasteiger partial charge in [-0.3, -0.25) is 9.97 Å². The highest BCUT2D eigenvalue weighted by Crippen LogP contribution is 2.32. The summed E-state index contributed by atoms with van der Waals surface area (Å²) in [4.78, 5) is 15.4. The SMILES string of the molecule is FC(F)(F)c1cc(Oc2cncc(Br)c2)nc(-c2ccccn2)n1. The molecule has 0 bridgehead atoms. The van der Waals surface area contributed by atoms with Gasteiger partial charge in [-0.1, -0.05) is 6.07 Å². The molecule has 3 heterocycles. The molecule has 3 rings (SSSR count). The summed E-state index contributed by atoms with van der Waals surface area (Å²) in [5.41, 5.74) is -0.906. The van der Waals surface area contributed by atoms with Crippen molar-refractivity contribution in [2.24, 2.45) is 0 Å². The van der Waals surface area contributed by atoms with E-state index >= 15 is 0 Å². The van der Waals surface area contributed by atoms with Crippen molar-refractivity contribution >= 4 is 15.9 Å². The molecular weight excluding hydrogens is 389 g/mol. The van der Waals surface area contributed by atoms with Crippen LogP contribution in [-0.4, -0.2) is 19.9 Å². The molecule has 3 aromatic rings. The Labute approximate surface area is 142 Å². The van der Waals surface area contributed by atoms with Crippen LogP contribution in [0.3, 0.4) is 0 Å². The molecule has 3 aromatic heterocycles. The number of alkyl halides is 3. The Morgan fingerprint density at radius 1 is 1.04 bits per heavy atom. The Kier molecular flexibility index (Phi) is 4.43. The number of hydrogen-bond donors (Lipinski definition) is 0. The first-order valence-electron chi connectivity index (χ1n) is 6.58. The van der Waals surface area contributed by atoms with Gasteiger partial charge >= 0.3 is 6.18 Å². The second-order valence-electron chi connectivity index (χ2n) is 4.57. The van der Waals surface area contributed by atoms with Gasteiger partial charge in [0, 0.05) is 22.9 Å². The van der Waals surface area contributed by atoms with Gasteiger partial charge in [0.1, 0.15) is 11.4 Å². The average Bonchev–Trinajstić information content (AvgIpc) is 2.54. The number of ether oxygens (including phenoxy) is 1. The quantitative estimate of drug-likeness (QED) is 0.651. The second kappa shape index (κ2) is 6.52. The van der Waals surface area contributed by atoms with E-state index < -0.39 is 11.9 Å². The molecular formula is C15H8BrF3N4O. The normalized spacial score (nSPS) is 11.3. The van der Waals surface area contributed by atoms with Crippen molar-refractivity contribution < 1.29 is 17.9 Å². The van der Waals surface area contributed by atoms with Crippen LogP contribution in [0.5, 0.6) is 11.6 Å². The van der Waals surface area contributed by atoms with Crippen LogP contribution in [0.1, 0.15) is 5.69 Å². The largest absolute Gasteiger partial charge is 0.437 e. The van der Waals surface area contributed by atoms with E-state index in [-0.39, 0.29) is 23.1 Å². The molecule has 0 saturated carbocycles. The molecule has 0 unspecified atom stereocenters. The smallest absolute Gasteiger partial charge is 0.433 e. The van der Waals surface area contributed by atoms with Gasteiger partial charge in [-0.05, 0) is 34.1 Å². The van der Waals surface area contributed by atoms with Gasteiger partial charge in [0.15, 0.2) is 11.5 Å². The molecule has 0 saturated heterocycles. The number of halogens is 4. The first-order valence-corrected chi connectivity index (χ1v) is 7.37. The molecule has 0 aromatic carbocycles. The lowest BCUT2D eigenvalue weighted by atomic mass is 10.3. The first kappa shape index (κ1) is 16.3. The summed E-state index contributed by atoms with van der Waals surface area (Å²) in [5.74, 6) is -0.190. The molecule has 0 aliphatic heterocycles. The van der Waals surface area contributed by atoms with Gasteiger partial charge in [0.25, 0.3) is 0 Å². The van der Waals surface area contributed by atoms with Gasteiger partial charge in [-0.15, -0.1) is 0 Å². The first-order chi connectivity index (χ1) is 11.4. The van der Waals surface area contributed by atoms with E-state index in [2.05, 4.69) is 35.9 Å². The lowest BCUT2D eigenvalue weighted by Crippen LogP contribution is -2.10. The highest BCUT2D eigenvalue weighted by Gasteiger charge is 2.34. The third kappa shape index (κ3) is 3.85. The predicted molar refractivity (Wildman–Crippen MR) is 82.3 cm³/mol. The average molecular weight is 397 g/mol. The van der Waals surface area contributed by atoms with E-state index in [1.807, 2.05) is 0 Å². The van der Waals surface area contributed by atoms with Crippen LogP contribution < -0.4 is 4.74 Å². The Balaban J connectivity index is 2.05. The fourth-order valence-corrected chi connectivity index (χ4v) is 2.14. The number of pyridine rings is 2. The zero-order chi connectivity index (χ0) is 17.2. The van der Waals surface area contributed by atoms with Gasteiger partial charge in [0.2, 0.25) is 5.88 Å². The summed E-state index contributed by atoms with van der Waals surface area (Å²) in [6.45, 7) is 0. The number of rotatable bonds is 3. The molecule has 24 heavy (non-hydrogen) atoms. The van der Waals surface area contributed by atoms with Crippen LogP contribution in [0.4, 0.5) is 13.2 Å². The van der Waals surface area contributed by atoms with Crippen molar-refractivity contribution in [3.63, 3.8) is 0 Å².